The van der Waals surface area contributed by atoms with Gasteiger partial charge in [-0.05, 0) is 12.1 Å². The van der Waals surface area contributed by atoms with Crippen LogP contribution in [0.3, 0.4) is 0 Å². The molecule has 0 fully saturated rings. The van der Waals surface area contributed by atoms with Gasteiger partial charge in [-0.2, -0.15) is 0 Å². The Labute approximate surface area is 85.0 Å². The van der Waals surface area contributed by atoms with Gasteiger partial charge in [0.2, 0.25) is 0 Å². The molecule has 0 spiro atoms. The van der Waals surface area contributed by atoms with Crippen molar-refractivity contribution in [2.24, 2.45) is 0 Å². The summed E-state index contributed by atoms with van der Waals surface area (Å²) in [7, 11) is 0. The predicted molar refractivity (Wildman–Crippen MR) is 55.6 cm³/mol. The SMILES string of the molecule is O=C(O)CCc1nc2ccccc2s1. The molecule has 0 saturated carbocycles. The smallest absolute Gasteiger partial charge is 0.303 e. The van der Waals surface area contributed by atoms with Gasteiger partial charge in [-0.25, -0.2) is 4.98 Å². The molecule has 0 aliphatic rings. The molecule has 0 aliphatic carbocycles. The normalized spacial score (nSPS) is 10.6. The first kappa shape index (κ1) is 9.15. The summed E-state index contributed by atoms with van der Waals surface area (Å²) in [6.07, 6.45) is 0.675. The summed E-state index contributed by atoms with van der Waals surface area (Å²) < 4.78 is 1.12. The van der Waals surface area contributed by atoms with Crippen molar-refractivity contribution in [3.63, 3.8) is 0 Å². The van der Waals surface area contributed by atoms with E-state index in [-0.39, 0.29) is 6.42 Å². The lowest BCUT2D eigenvalue weighted by Crippen LogP contribution is -1.96. The van der Waals surface area contributed by atoms with E-state index in [0.29, 0.717) is 6.42 Å². The fraction of sp³-hybridized carbons (Fsp3) is 0.200. The molecule has 1 N–H and O–H groups in total. The summed E-state index contributed by atoms with van der Waals surface area (Å²) in [6.45, 7) is 0. The lowest BCUT2D eigenvalue weighted by Gasteiger charge is -1.88. The summed E-state index contributed by atoms with van der Waals surface area (Å²) in [5, 5.41) is 9.42. The van der Waals surface area contributed by atoms with E-state index in [0.717, 1.165) is 15.2 Å². The maximum atomic E-state index is 10.4. The summed E-state index contributed by atoms with van der Waals surface area (Å²) in [4.78, 5) is 14.7. The van der Waals surface area contributed by atoms with Crippen LogP contribution in [-0.2, 0) is 11.2 Å². The highest BCUT2D eigenvalue weighted by Gasteiger charge is 2.04. The van der Waals surface area contributed by atoms with E-state index in [2.05, 4.69) is 4.98 Å². The molecule has 1 heterocycles. The molecule has 72 valence electrons. The predicted octanol–water partition coefficient (Wildman–Crippen LogP) is 2.31. The molecular formula is C10H9NO2S. The Morgan fingerprint density at radius 1 is 1.43 bits per heavy atom. The molecule has 2 aromatic rings. The van der Waals surface area contributed by atoms with Crippen LogP contribution in [0.2, 0.25) is 0 Å². The van der Waals surface area contributed by atoms with E-state index in [4.69, 9.17) is 5.11 Å². The molecule has 0 atom stereocenters. The van der Waals surface area contributed by atoms with Crippen LogP contribution in [0.15, 0.2) is 24.3 Å². The van der Waals surface area contributed by atoms with Crippen LogP contribution in [0.1, 0.15) is 11.4 Å². The number of hydrogen-bond donors (Lipinski definition) is 1. The lowest BCUT2D eigenvalue weighted by molar-refractivity contribution is -0.136. The van der Waals surface area contributed by atoms with Crippen molar-refractivity contribution < 1.29 is 9.90 Å². The summed E-state index contributed by atoms with van der Waals surface area (Å²) in [6, 6.07) is 7.83. The minimum atomic E-state index is -0.774. The third kappa shape index (κ3) is 1.90. The van der Waals surface area contributed by atoms with Crippen molar-refractivity contribution in [3.8, 4) is 0 Å². The van der Waals surface area contributed by atoms with Gasteiger partial charge in [-0.1, -0.05) is 12.1 Å². The van der Waals surface area contributed by atoms with E-state index in [1.54, 1.807) is 11.3 Å². The van der Waals surface area contributed by atoms with Gasteiger partial charge in [0.15, 0.2) is 0 Å². The number of hydrogen-bond acceptors (Lipinski definition) is 3. The number of aliphatic carboxylic acids is 1. The number of fused-ring (bicyclic) bond motifs is 1. The zero-order valence-electron chi connectivity index (χ0n) is 7.43. The molecule has 2 rings (SSSR count). The van der Waals surface area contributed by atoms with Gasteiger partial charge in [0.1, 0.15) is 0 Å². The van der Waals surface area contributed by atoms with Gasteiger partial charge in [-0.3, -0.25) is 4.79 Å². The first-order valence-corrected chi connectivity index (χ1v) is 5.13. The number of benzene rings is 1. The molecule has 14 heavy (non-hydrogen) atoms. The minimum absolute atomic E-state index is 0.153. The van der Waals surface area contributed by atoms with Gasteiger partial charge in [-0.15, -0.1) is 11.3 Å². The molecule has 0 unspecified atom stereocenters. The molecule has 0 bridgehead atoms. The lowest BCUT2D eigenvalue weighted by atomic mass is 10.3. The Bertz CT molecular complexity index is 431. The second kappa shape index (κ2) is 3.75. The monoisotopic (exact) mass is 207 g/mol. The summed E-state index contributed by atoms with van der Waals surface area (Å²) in [5.74, 6) is -0.774. The van der Waals surface area contributed by atoms with Gasteiger partial charge in [0.25, 0.3) is 0 Å². The highest BCUT2D eigenvalue weighted by Crippen LogP contribution is 2.22. The van der Waals surface area contributed by atoms with Crippen LogP contribution >= 0.6 is 11.3 Å². The minimum Gasteiger partial charge on any atom is -0.481 e. The zero-order valence-corrected chi connectivity index (χ0v) is 8.25. The number of thiazole rings is 1. The summed E-state index contributed by atoms with van der Waals surface area (Å²) in [5.41, 5.74) is 0.956. The fourth-order valence-electron chi connectivity index (χ4n) is 1.24. The third-order valence-electron chi connectivity index (χ3n) is 1.89. The molecule has 0 radical (unpaired) electrons. The Balaban J connectivity index is 2.22. The average Bonchev–Trinajstić information content (AvgIpc) is 2.57. The number of carbonyl (C=O) groups is 1. The molecule has 1 aromatic carbocycles. The van der Waals surface area contributed by atoms with Gasteiger partial charge in [0.05, 0.1) is 21.6 Å². The number of rotatable bonds is 3. The van der Waals surface area contributed by atoms with Crippen LogP contribution < -0.4 is 0 Å². The first-order valence-electron chi connectivity index (χ1n) is 4.32. The highest BCUT2D eigenvalue weighted by molar-refractivity contribution is 7.18. The van der Waals surface area contributed by atoms with E-state index in [1.165, 1.54) is 0 Å². The molecular weight excluding hydrogens is 198 g/mol. The number of aromatic nitrogens is 1. The van der Waals surface area contributed by atoms with Crippen LogP contribution in [0.4, 0.5) is 0 Å². The second-order valence-electron chi connectivity index (χ2n) is 2.97. The van der Waals surface area contributed by atoms with Gasteiger partial charge in [0, 0.05) is 6.42 Å². The Morgan fingerprint density at radius 3 is 2.93 bits per heavy atom. The molecule has 0 saturated heterocycles. The van der Waals surface area contributed by atoms with Gasteiger partial charge >= 0.3 is 5.97 Å². The molecule has 4 heteroatoms. The quantitative estimate of drug-likeness (QED) is 0.840. The van der Waals surface area contributed by atoms with E-state index < -0.39 is 5.97 Å². The van der Waals surface area contributed by atoms with Crippen molar-refractivity contribution >= 4 is 27.5 Å². The van der Waals surface area contributed by atoms with Crippen LogP contribution in [0, 0.1) is 0 Å². The first-order chi connectivity index (χ1) is 6.75. The molecule has 1 aromatic heterocycles. The standard InChI is InChI=1S/C10H9NO2S/c12-10(13)6-5-9-11-7-3-1-2-4-8(7)14-9/h1-4H,5-6H2,(H,12,13). The molecule has 0 amide bonds. The van der Waals surface area contributed by atoms with Crippen molar-refractivity contribution in [2.75, 3.05) is 0 Å². The van der Waals surface area contributed by atoms with E-state index in [9.17, 15) is 4.79 Å². The van der Waals surface area contributed by atoms with Gasteiger partial charge < -0.3 is 5.11 Å². The van der Waals surface area contributed by atoms with Crippen molar-refractivity contribution in [1.82, 2.24) is 4.98 Å². The highest BCUT2D eigenvalue weighted by atomic mass is 32.1. The maximum absolute atomic E-state index is 10.4. The second-order valence-corrected chi connectivity index (χ2v) is 4.08. The number of nitrogens with zero attached hydrogens (tertiary/aromatic N) is 1. The van der Waals surface area contributed by atoms with E-state index in [1.807, 2.05) is 24.3 Å². The van der Waals surface area contributed by atoms with Crippen molar-refractivity contribution in [3.05, 3.63) is 29.3 Å². The number of para-hydroxylation sites is 1. The van der Waals surface area contributed by atoms with Crippen LogP contribution in [0.25, 0.3) is 10.2 Å². The number of carboxylic acids is 1. The largest absolute Gasteiger partial charge is 0.481 e. The average molecular weight is 207 g/mol. The number of carboxylic acid groups (broad SMARTS) is 1. The fourth-order valence-corrected chi connectivity index (χ4v) is 2.21. The van der Waals surface area contributed by atoms with E-state index >= 15 is 0 Å². The van der Waals surface area contributed by atoms with Crippen LogP contribution in [-0.4, -0.2) is 16.1 Å². The topological polar surface area (TPSA) is 50.2 Å². The maximum Gasteiger partial charge on any atom is 0.303 e. The zero-order chi connectivity index (χ0) is 9.97. The molecule has 0 aliphatic heterocycles. The van der Waals surface area contributed by atoms with Crippen molar-refractivity contribution in [1.29, 1.82) is 0 Å². The van der Waals surface area contributed by atoms with Crippen molar-refractivity contribution in [2.45, 2.75) is 12.8 Å². The number of aryl methyl sites for hydroxylation is 1. The third-order valence-corrected chi connectivity index (χ3v) is 2.99. The Kier molecular flexibility index (Phi) is 2.45. The van der Waals surface area contributed by atoms with Crippen LogP contribution in [0.5, 0.6) is 0 Å². The Hall–Kier alpha value is -1.42. The Morgan fingerprint density at radius 2 is 2.21 bits per heavy atom. The summed E-state index contributed by atoms with van der Waals surface area (Å²) >= 11 is 1.56. The molecule has 3 nitrogen and oxygen atoms in total.